The lowest BCUT2D eigenvalue weighted by Gasteiger charge is -2.13. The molecule has 2 rings (SSSR count). The molecule has 0 aliphatic rings. The van der Waals surface area contributed by atoms with Crippen molar-refractivity contribution in [2.75, 3.05) is 12.4 Å². The molecule has 0 spiro atoms. The fourth-order valence-electron chi connectivity index (χ4n) is 1.77. The van der Waals surface area contributed by atoms with Crippen molar-refractivity contribution in [2.24, 2.45) is 0 Å². The monoisotopic (exact) mass is 393 g/mol. The van der Waals surface area contributed by atoms with E-state index >= 15 is 0 Å². The third kappa shape index (κ3) is 2.87. The number of anilines is 1. The maximum atomic E-state index is 13.0. The van der Waals surface area contributed by atoms with Gasteiger partial charge in [-0.3, -0.25) is 0 Å². The quantitative estimate of drug-likeness (QED) is 0.781. The lowest BCUT2D eigenvalue weighted by molar-refractivity contribution is -0.137. The number of alkyl halides is 3. The molecule has 0 saturated heterocycles. The first-order valence-electron chi connectivity index (χ1n) is 5.73. The Kier molecular flexibility index (Phi) is 4.17. The molecule has 1 aromatic carbocycles. The first-order valence-corrected chi connectivity index (χ1v) is 6.81. The number of hydrogen-bond acceptors (Lipinski definition) is 3. The molecule has 0 unspecified atom stereocenters. The zero-order valence-electron chi connectivity index (χ0n) is 10.7. The summed E-state index contributed by atoms with van der Waals surface area (Å²) in [7, 11) is 1.67. The Hall–Kier alpha value is -1.38. The van der Waals surface area contributed by atoms with E-state index in [1.165, 1.54) is 12.1 Å². The van der Waals surface area contributed by atoms with Crippen molar-refractivity contribution in [3.05, 3.63) is 39.1 Å². The molecule has 7 heteroatoms. The highest BCUT2D eigenvalue weighted by molar-refractivity contribution is 14.1. The second-order valence-corrected chi connectivity index (χ2v) is 5.17. The van der Waals surface area contributed by atoms with Crippen molar-refractivity contribution in [1.29, 1.82) is 0 Å². The van der Waals surface area contributed by atoms with Gasteiger partial charge in [-0.25, -0.2) is 9.97 Å². The summed E-state index contributed by atoms with van der Waals surface area (Å²) in [5.41, 5.74) is -0.115. The summed E-state index contributed by atoms with van der Waals surface area (Å²) < 4.78 is 39.9. The topological polar surface area (TPSA) is 37.8 Å². The lowest BCUT2D eigenvalue weighted by atomic mass is 10.1. The van der Waals surface area contributed by atoms with E-state index in [9.17, 15) is 13.2 Å². The predicted octanol–water partition coefficient (Wildman–Crippen LogP) is 4.12. The molecular formula is C13H11F3IN3. The minimum Gasteiger partial charge on any atom is -0.372 e. The first-order chi connectivity index (χ1) is 9.34. The Bertz CT molecular complexity index is 641. The van der Waals surface area contributed by atoms with Crippen molar-refractivity contribution < 1.29 is 13.2 Å². The first kappa shape index (κ1) is 15.0. The Morgan fingerprint density at radius 2 is 1.80 bits per heavy atom. The Balaban J connectivity index is 2.67. The number of rotatable bonds is 2. The van der Waals surface area contributed by atoms with E-state index in [1.54, 1.807) is 20.0 Å². The van der Waals surface area contributed by atoms with Gasteiger partial charge in [0, 0.05) is 12.6 Å². The number of hydrogen-bond donors (Lipinski definition) is 1. The molecule has 0 aliphatic heterocycles. The second-order valence-electron chi connectivity index (χ2n) is 4.09. The van der Waals surface area contributed by atoms with Gasteiger partial charge in [-0.15, -0.1) is 0 Å². The molecule has 1 aromatic heterocycles. The molecule has 3 nitrogen and oxygen atoms in total. The van der Waals surface area contributed by atoms with Crippen LogP contribution in [-0.4, -0.2) is 17.0 Å². The van der Waals surface area contributed by atoms with Crippen LogP contribution < -0.4 is 5.32 Å². The van der Waals surface area contributed by atoms with Crippen molar-refractivity contribution in [3.8, 4) is 11.4 Å². The molecule has 0 saturated carbocycles. The van der Waals surface area contributed by atoms with Gasteiger partial charge in [-0.2, -0.15) is 13.2 Å². The lowest BCUT2D eigenvalue weighted by Crippen LogP contribution is -2.09. The van der Waals surface area contributed by atoms with E-state index in [0.717, 1.165) is 9.64 Å². The summed E-state index contributed by atoms with van der Waals surface area (Å²) in [5.74, 6) is 0.588. The average molecular weight is 393 g/mol. The number of halogens is 4. The standard InChI is InChI=1S/C13H11F3IN3/c1-7-10(17)12(18-2)20-11(19-7)8-5-3-4-6-9(8)13(14,15)16/h3-6H,1-2H3,(H,18,19,20). The van der Waals surface area contributed by atoms with E-state index < -0.39 is 11.7 Å². The van der Waals surface area contributed by atoms with Gasteiger partial charge in [0.1, 0.15) is 5.82 Å². The van der Waals surface area contributed by atoms with Crippen LogP contribution in [0, 0.1) is 10.5 Å². The molecule has 0 radical (unpaired) electrons. The van der Waals surface area contributed by atoms with Gasteiger partial charge in [-0.1, -0.05) is 18.2 Å². The third-order valence-corrected chi connectivity index (χ3v) is 4.02. The highest BCUT2D eigenvalue weighted by Crippen LogP contribution is 2.36. The summed E-state index contributed by atoms with van der Waals surface area (Å²) in [4.78, 5) is 8.33. The molecule has 1 heterocycles. The van der Waals surface area contributed by atoms with Crippen LogP contribution in [0.3, 0.4) is 0 Å². The van der Waals surface area contributed by atoms with Crippen LogP contribution in [0.15, 0.2) is 24.3 Å². The minimum absolute atomic E-state index is 0.0176. The summed E-state index contributed by atoms with van der Waals surface area (Å²) in [6.07, 6.45) is -4.43. The van der Waals surface area contributed by atoms with Crippen LogP contribution in [0.1, 0.15) is 11.3 Å². The fraction of sp³-hybridized carbons (Fsp3) is 0.231. The van der Waals surface area contributed by atoms with Crippen molar-refractivity contribution in [1.82, 2.24) is 9.97 Å². The molecule has 0 bridgehead atoms. The molecule has 0 amide bonds. The molecule has 0 fully saturated rings. The van der Waals surface area contributed by atoms with Gasteiger partial charge in [0.2, 0.25) is 0 Å². The molecule has 2 aromatic rings. The molecule has 1 N–H and O–H groups in total. The van der Waals surface area contributed by atoms with Crippen LogP contribution >= 0.6 is 22.6 Å². The summed E-state index contributed by atoms with van der Waals surface area (Å²) in [6.45, 7) is 1.74. The number of aryl methyl sites for hydroxylation is 1. The van der Waals surface area contributed by atoms with Gasteiger partial charge >= 0.3 is 6.18 Å². The van der Waals surface area contributed by atoms with Gasteiger partial charge in [0.15, 0.2) is 5.82 Å². The third-order valence-electron chi connectivity index (χ3n) is 2.73. The smallest absolute Gasteiger partial charge is 0.372 e. The normalized spacial score (nSPS) is 11.5. The van der Waals surface area contributed by atoms with Crippen LogP contribution in [-0.2, 0) is 6.18 Å². The highest BCUT2D eigenvalue weighted by atomic mass is 127. The SMILES string of the molecule is CNc1nc(-c2ccccc2C(F)(F)F)nc(C)c1I. The summed E-state index contributed by atoms with van der Waals surface area (Å²) >= 11 is 2.06. The molecule has 0 atom stereocenters. The van der Waals surface area contributed by atoms with Gasteiger partial charge < -0.3 is 5.32 Å². The Labute approximate surface area is 127 Å². The van der Waals surface area contributed by atoms with Gasteiger partial charge in [0.25, 0.3) is 0 Å². The zero-order chi connectivity index (χ0) is 14.9. The molecular weight excluding hydrogens is 382 g/mol. The maximum absolute atomic E-state index is 13.0. The van der Waals surface area contributed by atoms with E-state index in [1.807, 2.05) is 0 Å². The van der Waals surface area contributed by atoms with Crippen molar-refractivity contribution >= 4 is 28.4 Å². The number of nitrogens with zero attached hydrogens (tertiary/aromatic N) is 2. The average Bonchev–Trinajstić information content (AvgIpc) is 2.40. The molecule has 0 aliphatic carbocycles. The van der Waals surface area contributed by atoms with Crippen molar-refractivity contribution in [2.45, 2.75) is 13.1 Å². The van der Waals surface area contributed by atoms with Gasteiger partial charge in [0.05, 0.1) is 14.8 Å². The van der Waals surface area contributed by atoms with Crippen LogP contribution in [0.5, 0.6) is 0 Å². The van der Waals surface area contributed by atoms with E-state index in [4.69, 9.17) is 0 Å². The maximum Gasteiger partial charge on any atom is 0.417 e. The zero-order valence-corrected chi connectivity index (χ0v) is 12.9. The van der Waals surface area contributed by atoms with Crippen LogP contribution in [0.4, 0.5) is 19.0 Å². The van der Waals surface area contributed by atoms with Gasteiger partial charge in [-0.05, 0) is 35.6 Å². The second kappa shape index (κ2) is 5.55. The number of aromatic nitrogens is 2. The molecule has 20 heavy (non-hydrogen) atoms. The van der Waals surface area contributed by atoms with Crippen molar-refractivity contribution in [3.63, 3.8) is 0 Å². The number of benzene rings is 1. The van der Waals surface area contributed by atoms with Crippen LogP contribution in [0.25, 0.3) is 11.4 Å². The van der Waals surface area contributed by atoms with E-state index in [-0.39, 0.29) is 11.4 Å². The summed E-state index contributed by atoms with van der Waals surface area (Å²) in [5, 5.41) is 2.86. The highest BCUT2D eigenvalue weighted by Gasteiger charge is 2.34. The largest absolute Gasteiger partial charge is 0.417 e. The summed E-state index contributed by atoms with van der Waals surface area (Å²) in [6, 6.07) is 5.31. The predicted molar refractivity (Wildman–Crippen MR) is 79.5 cm³/mol. The van der Waals surface area contributed by atoms with E-state index in [0.29, 0.717) is 11.5 Å². The minimum atomic E-state index is -4.43. The van der Waals surface area contributed by atoms with Crippen LogP contribution in [0.2, 0.25) is 0 Å². The Morgan fingerprint density at radius 3 is 2.40 bits per heavy atom. The number of nitrogens with one attached hydrogen (secondary N) is 1. The van der Waals surface area contributed by atoms with E-state index in [2.05, 4.69) is 37.9 Å². The molecule has 106 valence electrons. The fourth-order valence-corrected chi connectivity index (χ4v) is 2.28. The Morgan fingerprint density at radius 1 is 1.15 bits per heavy atom.